The minimum Gasteiger partial charge on any atom is -0.299 e. The number of benzene rings is 2. The van der Waals surface area contributed by atoms with E-state index < -0.39 is 0 Å². The molecule has 0 heterocycles. The Morgan fingerprint density at radius 2 is 1.10 bits per heavy atom. The first-order valence-corrected chi connectivity index (χ1v) is 6.96. The van der Waals surface area contributed by atoms with Crippen molar-refractivity contribution >= 4 is 12.2 Å². The maximum absolute atomic E-state index is 2.28. The number of hydrogen-bond acceptors (Lipinski definition) is 1. The molecule has 0 aromatic heterocycles. The smallest absolute Gasteiger partial charge is 0.0166 e. The molecular weight excluding hydrogens is 242 g/mol. The minimum atomic E-state index is 0.952. The van der Waals surface area contributed by atoms with Crippen molar-refractivity contribution in [2.24, 2.45) is 0 Å². The lowest BCUT2D eigenvalue weighted by atomic mass is 10.2. The second kappa shape index (κ2) is 8.13. The lowest BCUT2D eigenvalue weighted by molar-refractivity contribution is 0.414. The van der Waals surface area contributed by atoms with Crippen LogP contribution in [-0.2, 0) is 0 Å². The van der Waals surface area contributed by atoms with Crippen LogP contribution in [-0.4, -0.2) is 25.0 Å². The van der Waals surface area contributed by atoms with Crippen molar-refractivity contribution < 1.29 is 0 Å². The van der Waals surface area contributed by atoms with Crippen molar-refractivity contribution in [1.82, 2.24) is 4.90 Å². The number of rotatable bonds is 6. The first-order valence-electron chi connectivity index (χ1n) is 6.96. The molecule has 0 radical (unpaired) electrons. The van der Waals surface area contributed by atoms with Crippen LogP contribution in [0.1, 0.15) is 11.1 Å². The summed E-state index contributed by atoms with van der Waals surface area (Å²) >= 11 is 0. The van der Waals surface area contributed by atoms with Gasteiger partial charge in [0.25, 0.3) is 0 Å². The van der Waals surface area contributed by atoms with Gasteiger partial charge in [0.05, 0.1) is 0 Å². The standard InChI is InChI=1S/C19H21N/c1-20(16-8-14-18-10-4-2-5-11-18)17-9-15-19-12-6-3-7-13-19/h2-15H,16-17H2,1H3/b14-8-,15-9+. The van der Waals surface area contributed by atoms with Gasteiger partial charge in [0.1, 0.15) is 0 Å². The molecule has 0 unspecified atom stereocenters. The Kier molecular flexibility index (Phi) is 5.81. The highest BCUT2D eigenvalue weighted by Gasteiger charge is 1.91. The van der Waals surface area contributed by atoms with Crippen LogP contribution in [0.4, 0.5) is 0 Å². The van der Waals surface area contributed by atoms with Crippen LogP contribution in [0.25, 0.3) is 12.2 Å². The molecule has 102 valence electrons. The van der Waals surface area contributed by atoms with E-state index in [0.717, 1.165) is 13.1 Å². The zero-order valence-electron chi connectivity index (χ0n) is 11.9. The molecule has 0 saturated carbocycles. The molecule has 0 aliphatic rings. The fourth-order valence-corrected chi connectivity index (χ4v) is 1.94. The van der Waals surface area contributed by atoms with Gasteiger partial charge in [0.15, 0.2) is 0 Å². The molecule has 0 fully saturated rings. The minimum absolute atomic E-state index is 0.952. The number of likely N-dealkylation sites (N-methyl/N-ethyl adjacent to an activating group) is 1. The highest BCUT2D eigenvalue weighted by Crippen LogP contribution is 2.02. The van der Waals surface area contributed by atoms with E-state index in [-0.39, 0.29) is 0 Å². The van der Waals surface area contributed by atoms with E-state index in [1.54, 1.807) is 0 Å². The van der Waals surface area contributed by atoms with Gasteiger partial charge in [0, 0.05) is 13.1 Å². The van der Waals surface area contributed by atoms with Gasteiger partial charge < -0.3 is 0 Å². The van der Waals surface area contributed by atoms with E-state index in [1.807, 2.05) is 12.1 Å². The van der Waals surface area contributed by atoms with Crippen LogP contribution < -0.4 is 0 Å². The Labute approximate surface area is 121 Å². The van der Waals surface area contributed by atoms with Gasteiger partial charge >= 0.3 is 0 Å². The van der Waals surface area contributed by atoms with Crippen LogP contribution in [0.15, 0.2) is 72.8 Å². The predicted molar refractivity (Wildman–Crippen MR) is 88.4 cm³/mol. The molecule has 0 spiro atoms. The lowest BCUT2D eigenvalue weighted by Gasteiger charge is -2.10. The quantitative estimate of drug-likeness (QED) is 0.749. The van der Waals surface area contributed by atoms with Crippen LogP contribution in [0, 0.1) is 0 Å². The van der Waals surface area contributed by atoms with E-state index in [0.29, 0.717) is 0 Å². The number of hydrogen-bond donors (Lipinski definition) is 0. The average molecular weight is 263 g/mol. The molecule has 2 rings (SSSR count). The summed E-state index contributed by atoms with van der Waals surface area (Å²) in [6, 6.07) is 20.8. The summed E-state index contributed by atoms with van der Waals surface area (Å²) in [6.45, 7) is 1.90. The van der Waals surface area contributed by atoms with Crippen LogP contribution in [0.2, 0.25) is 0 Å². The Hall–Kier alpha value is -2.12. The topological polar surface area (TPSA) is 3.24 Å². The third-order valence-corrected chi connectivity index (χ3v) is 3.05. The maximum Gasteiger partial charge on any atom is 0.0166 e. The first-order chi connectivity index (χ1) is 9.84. The first kappa shape index (κ1) is 14.3. The second-order valence-corrected chi connectivity index (χ2v) is 4.85. The predicted octanol–water partition coefficient (Wildman–Crippen LogP) is 4.35. The molecular formula is C19H21N. The Bertz CT molecular complexity index is 489. The maximum atomic E-state index is 2.28. The summed E-state index contributed by atoms with van der Waals surface area (Å²) in [5.74, 6) is 0. The molecule has 1 heteroatoms. The van der Waals surface area contributed by atoms with Crippen LogP contribution in [0.5, 0.6) is 0 Å². The summed E-state index contributed by atoms with van der Waals surface area (Å²) in [5, 5.41) is 0. The van der Waals surface area contributed by atoms with Gasteiger partial charge in [-0.3, -0.25) is 4.90 Å². The van der Waals surface area contributed by atoms with Crippen molar-refractivity contribution in [3.8, 4) is 0 Å². The van der Waals surface area contributed by atoms with E-state index in [4.69, 9.17) is 0 Å². The summed E-state index contributed by atoms with van der Waals surface area (Å²) in [4.78, 5) is 2.28. The zero-order valence-corrected chi connectivity index (χ0v) is 11.9. The zero-order chi connectivity index (χ0) is 14.0. The molecule has 0 aliphatic heterocycles. The van der Waals surface area contributed by atoms with Gasteiger partial charge in [-0.15, -0.1) is 0 Å². The van der Waals surface area contributed by atoms with Gasteiger partial charge in [-0.25, -0.2) is 0 Å². The molecule has 2 aromatic carbocycles. The van der Waals surface area contributed by atoms with Gasteiger partial charge in [-0.1, -0.05) is 85.0 Å². The van der Waals surface area contributed by atoms with Gasteiger partial charge in [0.2, 0.25) is 0 Å². The highest BCUT2D eigenvalue weighted by molar-refractivity contribution is 5.49. The van der Waals surface area contributed by atoms with Crippen molar-refractivity contribution in [3.05, 3.63) is 83.9 Å². The van der Waals surface area contributed by atoms with E-state index >= 15 is 0 Å². The second-order valence-electron chi connectivity index (χ2n) is 4.85. The Balaban J connectivity index is 1.74. The third kappa shape index (κ3) is 5.25. The van der Waals surface area contributed by atoms with Crippen molar-refractivity contribution in [2.75, 3.05) is 20.1 Å². The molecule has 0 N–H and O–H groups in total. The summed E-state index contributed by atoms with van der Waals surface area (Å²) in [7, 11) is 2.13. The molecule has 2 aromatic rings. The van der Waals surface area contributed by atoms with Gasteiger partial charge in [-0.05, 0) is 18.2 Å². The van der Waals surface area contributed by atoms with E-state index in [1.165, 1.54) is 11.1 Å². The summed E-state index contributed by atoms with van der Waals surface area (Å²) in [5.41, 5.74) is 2.50. The Morgan fingerprint density at radius 3 is 1.50 bits per heavy atom. The molecule has 0 amide bonds. The van der Waals surface area contributed by atoms with Gasteiger partial charge in [-0.2, -0.15) is 0 Å². The number of nitrogens with zero attached hydrogens (tertiary/aromatic N) is 1. The monoisotopic (exact) mass is 263 g/mol. The van der Waals surface area contributed by atoms with Crippen molar-refractivity contribution in [3.63, 3.8) is 0 Å². The molecule has 0 bridgehead atoms. The highest BCUT2D eigenvalue weighted by atomic mass is 15.1. The third-order valence-electron chi connectivity index (χ3n) is 3.05. The average Bonchev–Trinajstić information content (AvgIpc) is 2.49. The largest absolute Gasteiger partial charge is 0.299 e. The van der Waals surface area contributed by atoms with Crippen molar-refractivity contribution in [1.29, 1.82) is 0 Å². The SMILES string of the molecule is CN(C/C=C\c1ccccc1)C/C=C/c1ccccc1. The normalized spacial score (nSPS) is 11.7. The fraction of sp³-hybridized carbons (Fsp3) is 0.158. The summed E-state index contributed by atoms with van der Waals surface area (Å²) in [6.07, 6.45) is 8.73. The van der Waals surface area contributed by atoms with Crippen LogP contribution >= 0.6 is 0 Å². The van der Waals surface area contributed by atoms with Crippen LogP contribution in [0.3, 0.4) is 0 Å². The fourth-order valence-electron chi connectivity index (χ4n) is 1.94. The molecule has 0 aliphatic carbocycles. The molecule has 20 heavy (non-hydrogen) atoms. The van der Waals surface area contributed by atoms with E-state index in [2.05, 4.69) is 84.8 Å². The van der Waals surface area contributed by atoms with E-state index in [9.17, 15) is 0 Å². The molecule has 0 saturated heterocycles. The Morgan fingerprint density at radius 1 is 0.700 bits per heavy atom. The summed E-state index contributed by atoms with van der Waals surface area (Å²) < 4.78 is 0. The molecule has 0 atom stereocenters. The lowest BCUT2D eigenvalue weighted by Crippen LogP contribution is -2.17. The van der Waals surface area contributed by atoms with Crippen molar-refractivity contribution in [2.45, 2.75) is 0 Å². The molecule has 1 nitrogen and oxygen atoms in total.